The molecule has 0 aliphatic rings. The van der Waals surface area contributed by atoms with Crippen molar-refractivity contribution < 1.29 is 9.59 Å². The van der Waals surface area contributed by atoms with Gasteiger partial charge < -0.3 is 10.1 Å². The average molecular weight is 212 g/mol. The summed E-state index contributed by atoms with van der Waals surface area (Å²) < 4.78 is 0. The molecule has 4 heteroatoms. The van der Waals surface area contributed by atoms with E-state index in [1.165, 1.54) is 0 Å². The lowest BCUT2D eigenvalue weighted by molar-refractivity contribution is -0.107. The number of halogens is 1. The van der Waals surface area contributed by atoms with Gasteiger partial charge in [0, 0.05) is 23.6 Å². The van der Waals surface area contributed by atoms with Crippen LogP contribution in [0.3, 0.4) is 0 Å². The molecule has 0 bridgehead atoms. The van der Waals surface area contributed by atoms with Gasteiger partial charge in [0.15, 0.2) is 0 Å². The van der Waals surface area contributed by atoms with Crippen LogP contribution in [0.15, 0.2) is 24.3 Å². The van der Waals surface area contributed by atoms with Crippen LogP contribution in [0.25, 0.3) is 0 Å². The maximum atomic E-state index is 11.4. The summed E-state index contributed by atoms with van der Waals surface area (Å²) in [5, 5.41) is 3.20. The summed E-state index contributed by atoms with van der Waals surface area (Å²) in [4.78, 5) is 21.4. The molecule has 0 atom stereocenters. The van der Waals surface area contributed by atoms with E-state index < -0.39 is 0 Å². The summed E-state index contributed by atoms with van der Waals surface area (Å²) in [5.41, 5.74) is 0.542. The molecule has 0 aliphatic heterocycles. The third kappa shape index (κ3) is 3.18. The van der Waals surface area contributed by atoms with Crippen molar-refractivity contribution in [3.05, 3.63) is 34.9 Å². The lowest BCUT2D eigenvalue weighted by Crippen LogP contribution is -2.24. The molecule has 0 aromatic heterocycles. The highest BCUT2D eigenvalue weighted by molar-refractivity contribution is 6.30. The number of carbonyl (C=O) groups excluding carboxylic acids is 2. The number of rotatable bonds is 4. The minimum absolute atomic E-state index is 0.191. The van der Waals surface area contributed by atoms with Crippen molar-refractivity contribution in [3.63, 3.8) is 0 Å². The van der Waals surface area contributed by atoms with Crippen molar-refractivity contribution in [3.8, 4) is 0 Å². The predicted octanol–water partition coefficient (Wildman–Crippen LogP) is 1.66. The molecule has 0 fully saturated rings. The quantitative estimate of drug-likeness (QED) is 0.608. The summed E-state index contributed by atoms with van der Waals surface area (Å²) in [7, 11) is 0. The Hall–Kier alpha value is -1.35. The van der Waals surface area contributed by atoms with Crippen molar-refractivity contribution in [2.24, 2.45) is 0 Å². The van der Waals surface area contributed by atoms with Crippen molar-refractivity contribution in [2.75, 3.05) is 6.54 Å². The molecule has 1 aromatic rings. The Morgan fingerprint density at radius 3 is 2.57 bits per heavy atom. The Bertz CT molecular complexity index is 321. The Labute approximate surface area is 87.1 Å². The summed E-state index contributed by atoms with van der Waals surface area (Å²) in [6, 6.07) is 6.57. The van der Waals surface area contributed by atoms with Crippen molar-refractivity contribution >= 4 is 23.8 Å². The number of nitrogens with one attached hydrogen (secondary N) is 1. The maximum Gasteiger partial charge on any atom is 0.251 e. The highest BCUT2D eigenvalue weighted by Gasteiger charge is 2.03. The van der Waals surface area contributed by atoms with Crippen molar-refractivity contribution in [1.29, 1.82) is 0 Å². The lowest BCUT2D eigenvalue weighted by atomic mass is 10.2. The van der Waals surface area contributed by atoms with E-state index in [9.17, 15) is 9.59 Å². The second-order valence-corrected chi connectivity index (χ2v) is 3.15. The SMILES string of the molecule is O=CCCNC(=O)c1ccc(Cl)cc1. The molecule has 1 N–H and O–H groups in total. The molecule has 0 radical (unpaired) electrons. The Kier molecular flexibility index (Phi) is 4.13. The van der Waals surface area contributed by atoms with Crippen LogP contribution in [-0.4, -0.2) is 18.7 Å². The molecule has 0 heterocycles. The third-order valence-electron chi connectivity index (χ3n) is 1.65. The number of hydrogen-bond acceptors (Lipinski definition) is 2. The monoisotopic (exact) mass is 211 g/mol. The number of hydrogen-bond donors (Lipinski definition) is 1. The molecule has 3 nitrogen and oxygen atoms in total. The van der Waals surface area contributed by atoms with Crippen molar-refractivity contribution in [1.82, 2.24) is 5.32 Å². The van der Waals surface area contributed by atoms with E-state index in [4.69, 9.17) is 11.6 Å². The van der Waals surface area contributed by atoms with E-state index in [0.717, 1.165) is 6.29 Å². The van der Waals surface area contributed by atoms with Gasteiger partial charge in [-0.2, -0.15) is 0 Å². The fourth-order valence-electron chi connectivity index (χ4n) is 0.948. The first-order valence-electron chi connectivity index (χ1n) is 4.21. The first-order chi connectivity index (χ1) is 6.74. The van der Waals surface area contributed by atoms with E-state index in [0.29, 0.717) is 23.6 Å². The zero-order valence-electron chi connectivity index (χ0n) is 7.50. The van der Waals surface area contributed by atoms with E-state index in [1.807, 2.05) is 0 Å². The summed E-state index contributed by atoms with van der Waals surface area (Å²) in [5.74, 6) is -0.191. The van der Waals surface area contributed by atoms with Gasteiger partial charge in [0.1, 0.15) is 6.29 Å². The van der Waals surface area contributed by atoms with Crippen molar-refractivity contribution in [2.45, 2.75) is 6.42 Å². The zero-order valence-corrected chi connectivity index (χ0v) is 8.25. The topological polar surface area (TPSA) is 46.2 Å². The molecule has 1 aromatic carbocycles. The number of benzene rings is 1. The van der Waals surface area contributed by atoms with Gasteiger partial charge in [-0.15, -0.1) is 0 Å². The van der Waals surface area contributed by atoms with Crippen LogP contribution >= 0.6 is 11.6 Å². The molecular weight excluding hydrogens is 202 g/mol. The van der Waals surface area contributed by atoms with Gasteiger partial charge in [0.2, 0.25) is 0 Å². The predicted molar refractivity (Wildman–Crippen MR) is 54.5 cm³/mol. The van der Waals surface area contributed by atoms with Gasteiger partial charge in [-0.05, 0) is 24.3 Å². The van der Waals surface area contributed by atoms with Crippen LogP contribution in [0, 0.1) is 0 Å². The molecule has 0 aliphatic carbocycles. The van der Waals surface area contributed by atoms with Gasteiger partial charge >= 0.3 is 0 Å². The molecule has 1 amide bonds. The smallest absolute Gasteiger partial charge is 0.251 e. The van der Waals surface area contributed by atoms with Gasteiger partial charge in [0.25, 0.3) is 5.91 Å². The summed E-state index contributed by atoms with van der Waals surface area (Å²) in [6.07, 6.45) is 1.10. The lowest BCUT2D eigenvalue weighted by Gasteiger charge is -2.02. The van der Waals surface area contributed by atoms with Crippen LogP contribution in [-0.2, 0) is 4.79 Å². The third-order valence-corrected chi connectivity index (χ3v) is 1.91. The Balaban J connectivity index is 2.52. The van der Waals surface area contributed by atoms with Crippen LogP contribution in [0.4, 0.5) is 0 Å². The largest absolute Gasteiger partial charge is 0.352 e. The molecule has 0 spiro atoms. The fourth-order valence-corrected chi connectivity index (χ4v) is 1.07. The fraction of sp³-hybridized carbons (Fsp3) is 0.200. The normalized spacial score (nSPS) is 9.50. The van der Waals surface area contributed by atoms with Crippen LogP contribution in [0.2, 0.25) is 5.02 Å². The Morgan fingerprint density at radius 1 is 1.36 bits per heavy atom. The highest BCUT2D eigenvalue weighted by atomic mass is 35.5. The zero-order chi connectivity index (χ0) is 10.4. The summed E-state index contributed by atoms with van der Waals surface area (Å²) in [6.45, 7) is 0.366. The first-order valence-corrected chi connectivity index (χ1v) is 4.59. The number of aldehydes is 1. The minimum atomic E-state index is -0.191. The first kappa shape index (κ1) is 10.7. The van der Waals surface area contributed by atoms with Gasteiger partial charge in [-0.25, -0.2) is 0 Å². The standard InChI is InChI=1S/C10H10ClNO2/c11-9-4-2-8(3-5-9)10(14)12-6-1-7-13/h2-5,7H,1,6H2,(H,12,14). The second-order valence-electron chi connectivity index (χ2n) is 2.72. The number of carbonyl (C=O) groups is 2. The summed E-state index contributed by atoms with van der Waals surface area (Å²) >= 11 is 5.67. The molecule has 74 valence electrons. The maximum absolute atomic E-state index is 11.4. The van der Waals surface area contributed by atoms with Gasteiger partial charge in [-0.3, -0.25) is 4.79 Å². The van der Waals surface area contributed by atoms with E-state index in [1.54, 1.807) is 24.3 Å². The Morgan fingerprint density at radius 2 is 2.00 bits per heavy atom. The molecule has 0 unspecified atom stereocenters. The second kappa shape index (κ2) is 5.40. The van der Waals surface area contributed by atoms with Crippen LogP contribution < -0.4 is 5.32 Å². The molecular formula is C10H10ClNO2. The molecule has 0 saturated heterocycles. The molecule has 1 rings (SSSR count). The highest BCUT2D eigenvalue weighted by Crippen LogP contribution is 2.09. The minimum Gasteiger partial charge on any atom is -0.352 e. The molecule has 0 saturated carbocycles. The average Bonchev–Trinajstić information content (AvgIpc) is 2.19. The van der Waals surface area contributed by atoms with Gasteiger partial charge in [0.05, 0.1) is 0 Å². The van der Waals surface area contributed by atoms with Gasteiger partial charge in [-0.1, -0.05) is 11.6 Å². The van der Waals surface area contributed by atoms with E-state index in [-0.39, 0.29) is 5.91 Å². The van der Waals surface area contributed by atoms with Crippen LogP contribution in [0.1, 0.15) is 16.8 Å². The van der Waals surface area contributed by atoms with E-state index in [2.05, 4.69) is 5.32 Å². The van der Waals surface area contributed by atoms with Crippen LogP contribution in [0.5, 0.6) is 0 Å². The number of amides is 1. The molecule has 14 heavy (non-hydrogen) atoms. The van der Waals surface area contributed by atoms with E-state index >= 15 is 0 Å².